The van der Waals surface area contributed by atoms with E-state index in [0.717, 1.165) is 32.1 Å². The summed E-state index contributed by atoms with van der Waals surface area (Å²) < 4.78 is 5.40. The van der Waals surface area contributed by atoms with Gasteiger partial charge in [0.25, 0.3) is 11.8 Å². The molecule has 3 aliphatic rings. The number of likely N-dealkylation sites (tertiary alicyclic amines) is 1. The number of ether oxygens (including phenoxy) is 1. The van der Waals surface area contributed by atoms with Gasteiger partial charge >= 0.3 is 0 Å². The average molecular weight is 656 g/mol. The summed E-state index contributed by atoms with van der Waals surface area (Å²) in [6.07, 6.45) is 8.33. The van der Waals surface area contributed by atoms with E-state index in [0.29, 0.717) is 13.0 Å². The first kappa shape index (κ1) is 35.9. The van der Waals surface area contributed by atoms with Gasteiger partial charge < -0.3 is 30.9 Å². The van der Waals surface area contributed by atoms with Crippen LogP contribution in [0.5, 0.6) is 0 Å². The topological polar surface area (TPSA) is 189 Å². The average Bonchev–Trinajstić information content (AvgIpc) is 3.61. The van der Waals surface area contributed by atoms with Gasteiger partial charge in [-0.25, -0.2) is 4.98 Å². The lowest BCUT2D eigenvalue weighted by molar-refractivity contribution is -0.146. The van der Waals surface area contributed by atoms with Crippen molar-refractivity contribution in [1.82, 2.24) is 36.1 Å². The maximum absolute atomic E-state index is 14.4. The van der Waals surface area contributed by atoms with Crippen LogP contribution >= 0.6 is 0 Å². The maximum Gasteiger partial charge on any atom is 0.289 e. The Hall–Kier alpha value is -3.94. The largest absolute Gasteiger partial charge is 0.379 e. The number of methoxy groups -OCH3 is 1. The number of rotatable bonds is 14. The maximum atomic E-state index is 14.4. The zero-order valence-corrected chi connectivity index (χ0v) is 28.2. The van der Waals surface area contributed by atoms with Crippen molar-refractivity contribution in [3.8, 4) is 0 Å². The number of nitrogens with zero attached hydrogens (tertiary/aromatic N) is 3. The number of ketones is 1. The van der Waals surface area contributed by atoms with Crippen molar-refractivity contribution in [2.24, 2.45) is 17.3 Å². The van der Waals surface area contributed by atoms with Crippen LogP contribution in [0.15, 0.2) is 18.6 Å². The molecule has 0 spiro atoms. The number of carbonyl (C=O) groups is 6. The van der Waals surface area contributed by atoms with E-state index < -0.39 is 71.0 Å². The number of nitrogens with one attached hydrogen (secondary N) is 4. The fraction of sp³-hybridized carbons (Fsp3) is 0.697. The molecule has 0 bridgehead atoms. The van der Waals surface area contributed by atoms with Crippen molar-refractivity contribution in [2.75, 3.05) is 13.7 Å². The summed E-state index contributed by atoms with van der Waals surface area (Å²) in [7, 11) is 1.41. The lowest BCUT2D eigenvalue weighted by Crippen LogP contribution is -2.62. The Morgan fingerprint density at radius 1 is 1.02 bits per heavy atom. The molecule has 3 unspecified atom stereocenters. The van der Waals surface area contributed by atoms with E-state index >= 15 is 0 Å². The zero-order chi connectivity index (χ0) is 34.5. The molecule has 5 amide bonds. The first-order chi connectivity index (χ1) is 22.3. The molecule has 1 aromatic rings. The van der Waals surface area contributed by atoms with Crippen molar-refractivity contribution in [1.29, 1.82) is 0 Å². The van der Waals surface area contributed by atoms with Crippen LogP contribution < -0.4 is 21.3 Å². The first-order valence-electron chi connectivity index (χ1n) is 16.6. The number of aromatic nitrogens is 2. The number of hydrogen-bond acceptors (Lipinski definition) is 9. The number of hydrogen-bond donors (Lipinski definition) is 4. The summed E-state index contributed by atoms with van der Waals surface area (Å²) in [6, 6.07) is -4.10. The summed E-state index contributed by atoms with van der Waals surface area (Å²) in [4.78, 5) is 90.1. The standard InChI is InChI=1S/C33H49N7O7/c1-7-9-22(26(41)31(45)36-20-12-13-20)37-30(44)25-21-11-8-10-19(21)17-40(25)32(46)27(33(3,4)5)39-29(43)24(18(2)47-6)38-28(42)23-16-34-14-15-35-23/h14-16,18-22,24-25,27H,7-13,17H2,1-6H3,(H,36,45)(H,37,44)(H,38,42)(H,39,43)/t18-,19?,21?,22?,24+,25+,27-/m1/s1. The smallest absolute Gasteiger partial charge is 0.289 e. The van der Waals surface area contributed by atoms with E-state index in [1.807, 2.05) is 27.7 Å². The van der Waals surface area contributed by atoms with Crippen molar-refractivity contribution in [2.45, 2.75) is 116 Å². The van der Waals surface area contributed by atoms with Crippen LogP contribution in [-0.4, -0.2) is 100 Å². The summed E-state index contributed by atoms with van der Waals surface area (Å²) >= 11 is 0. The van der Waals surface area contributed by atoms with Gasteiger partial charge in [-0.2, -0.15) is 0 Å². The molecule has 0 radical (unpaired) electrons. The van der Waals surface area contributed by atoms with Crippen molar-refractivity contribution in [3.05, 3.63) is 24.3 Å². The van der Waals surface area contributed by atoms with Gasteiger partial charge in [0.15, 0.2) is 0 Å². The van der Waals surface area contributed by atoms with Gasteiger partial charge in [-0.1, -0.05) is 40.5 Å². The van der Waals surface area contributed by atoms with Crippen LogP contribution in [0, 0.1) is 17.3 Å². The Morgan fingerprint density at radius 2 is 1.74 bits per heavy atom. The molecule has 14 nitrogen and oxygen atoms in total. The van der Waals surface area contributed by atoms with Gasteiger partial charge in [0.1, 0.15) is 23.8 Å². The second kappa shape index (κ2) is 15.3. The van der Waals surface area contributed by atoms with E-state index in [1.165, 1.54) is 30.6 Å². The molecule has 7 atom stereocenters. The van der Waals surface area contributed by atoms with Crippen LogP contribution in [0.4, 0.5) is 0 Å². The predicted octanol–water partition coefficient (Wildman–Crippen LogP) is 0.901. The molecule has 2 aliphatic carbocycles. The third kappa shape index (κ3) is 8.70. The highest BCUT2D eigenvalue weighted by Crippen LogP contribution is 2.43. The second-order valence-corrected chi connectivity index (χ2v) is 14.0. The highest BCUT2D eigenvalue weighted by Gasteiger charge is 2.52. The highest BCUT2D eigenvalue weighted by atomic mass is 16.5. The van der Waals surface area contributed by atoms with Crippen molar-refractivity contribution < 1.29 is 33.5 Å². The lowest BCUT2D eigenvalue weighted by Gasteiger charge is -2.37. The molecule has 47 heavy (non-hydrogen) atoms. The highest BCUT2D eigenvalue weighted by molar-refractivity contribution is 6.38. The third-order valence-electron chi connectivity index (χ3n) is 9.39. The number of carbonyl (C=O) groups excluding carboxylic acids is 6. The van der Waals surface area contributed by atoms with Crippen LogP contribution in [0.3, 0.4) is 0 Å². The molecule has 4 N–H and O–H groups in total. The number of Topliss-reactive ketones (excluding diaryl/α,β-unsaturated/α-hetero) is 1. The van der Waals surface area contributed by atoms with Crippen LogP contribution in [0.2, 0.25) is 0 Å². The predicted molar refractivity (Wildman–Crippen MR) is 170 cm³/mol. The number of fused-ring (bicyclic) bond motifs is 1. The second-order valence-electron chi connectivity index (χ2n) is 14.0. The molecule has 14 heteroatoms. The first-order valence-corrected chi connectivity index (χ1v) is 16.6. The fourth-order valence-electron chi connectivity index (χ4n) is 6.54. The molecule has 258 valence electrons. The minimum atomic E-state index is -1.17. The quantitative estimate of drug-likeness (QED) is 0.211. The Morgan fingerprint density at radius 3 is 2.34 bits per heavy atom. The van der Waals surface area contributed by atoms with Gasteiger partial charge in [0.2, 0.25) is 23.5 Å². The van der Waals surface area contributed by atoms with E-state index in [2.05, 4.69) is 31.2 Å². The minimum Gasteiger partial charge on any atom is -0.379 e. The van der Waals surface area contributed by atoms with E-state index in [9.17, 15) is 28.8 Å². The molecule has 0 aromatic carbocycles. The molecule has 1 aliphatic heterocycles. The van der Waals surface area contributed by atoms with Crippen LogP contribution in [0.1, 0.15) is 90.1 Å². The van der Waals surface area contributed by atoms with E-state index in [1.54, 1.807) is 6.92 Å². The lowest BCUT2D eigenvalue weighted by atomic mass is 9.85. The molecule has 2 saturated carbocycles. The third-order valence-corrected chi connectivity index (χ3v) is 9.39. The normalized spacial score (nSPS) is 23.1. The molecular formula is C33H49N7O7. The summed E-state index contributed by atoms with van der Waals surface area (Å²) in [5.41, 5.74) is -0.776. The monoisotopic (exact) mass is 655 g/mol. The molecular weight excluding hydrogens is 606 g/mol. The minimum absolute atomic E-state index is 0.00275. The molecule has 4 rings (SSSR count). The Labute approximate surface area is 275 Å². The van der Waals surface area contributed by atoms with Crippen molar-refractivity contribution >= 4 is 35.3 Å². The van der Waals surface area contributed by atoms with Crippen LogP contribution in [0.25, 0.3) is 0 Å². The summed E-state index contributed by atoms with van der Waals surface area (Å²) in [6.45, 7) is 9.25. The Kier molecular flexibility index (Phi) is 11.7. The molecule has 3 fully saturated rings. The Balaban J connectivity index is 1.55. The van der Waals surface area contributed by atoms with Gasteiger partial charge in [0.05, 0.1) is 18.3 Å². The Bertz CT molecular complexity index is 1330. The summed E-state index contributed by atoms with van der Waals surface area (Å²) in [5.74, 6) is -3.59. The molecule has 2 heterocycles. The van der Waals surface area contributed by atoms with Gasteiger partial charge in [0, 0.05) is 32.1 Å². The van der Waals surface area contributed by atoms with Gasteiger partial charge in [-0.3, -0.25) is 33.8 Å². The summed E-state index contributed by atoms with van der Waals surface area (Å²) in [5, 5.41) is 11.0. The zero-order valence-electron chi connectivity index (χ0n) is 28.2. The van der Waals surface area contributed by atoms with Crippen molar-refractivity contribution in [3.63, 3.8) is 0 Å². The van der Waals surface area contributed by atoms with Gasteiger partial charge in [-0.15, -0.1) is 0 Å². The number of amides is 5. The molecule has 1 aromatic heterocycles. The van der Waals surface area contributed by atoms with Crippen LogP contribution in [-0.2, 0) is 28.7 Å². The fourth-order valence-corrected chi connectivity index (χ4v) is 6.54. The van der Waals surface area contributed by atoms with E-state index in [-0.39, 0.29) is 30.0 Å². The van der Waals surface area contributed by atoms with E-state index in [4.69, 9.17) is 4.74 Å². The molecule has 1 saturated heterocycles. The SMILES string of the molecule is CCCC(NC(=O)[C@@H]1C2CCCC2CN1C(=O)[C@@H](NC(=O)[C@@H](NC(=O)c1cnccn1)[C@@H](C)OC)C(C)(C)C)C(=O)C(=O)NC1CC1. The van der Waals surface area contributed by atoms with Gasteiger partial charge in [-0.05, 0) is 56.3 Å².